The van der Waals surface area contributed by atoms with Gasteiger partial charge >= 0.3 is 6.09 Å². The largest absolute Gasteiger partial charge is 0.444 e. The van der Waals surface area contributed by atoms with Crippen LogP contribution in [0.2, 0.25) is 0 Å². The highest BCUT2D eigenvalue weighted by Crippen LogP contribution is 2.35. The van der Waals surface area contributed by atoms with Crippen molar-refractivity contribution in [3.05, 3.63) is 71.0 Å². The fourth-order valence-electron chi connectivity index (χ4n) is 4.28. The van der Waals surface area contributed by atoms with Crippen molar-refractivity contribution in [2.75, 3.05) is 13.1 Å². The number of nitrogens with zero attached hydrogens (tertiary/aromatic N) is 3. The SMILES string of the molecule is CC[C@@H]1CN(C(=O)OC(C)(C)C)[C@@H](C)CN1C(c1ccc(F)cc1)c1ccc(C#N)cc1. The van der Waals surface area contributed by atoms with E-state index in [1.807, 2.05) is 69.0 Å². The lowest BCUT2D eigenvalue weighted by molar-refractivity contribution is -0.0201. The van der Waals surface area contributed by atoms with Crippen LogP contribution in [0.1, 0.15) is 63.8 Å². The molecule has 1 saturated heterocycles. The number of carbonyl (C=O) groups is 1. The van der Waals surface area contributed by atoms with Gasteiger partial charge in [0.25, 0.3) is 0 Å². The Morgan fingerprint density at radius 2 is 1.69 bits per heavy atom. The van der Waals surface area contributed by atoms with Crippen LogP contribution in [0.25, 0.3) is 0 Å². The molecule has 2 aromatic carbocycles. The Morgan fingerprint density at radius 1 is 1.12 bits per heavy atom. The van der Waals surface area contributed by atoms with E-state index in [2.05, 4.69) is 17.9 Å². The summed E-state index contributed by atoms with van der Waals surface area (Å²) in [5.74, 6) is -0.275. The van der Waals surface area contributed by atoms with Crippen molar-refractivity contribution in [1.29, 1.82) is 5.26 Å². The third-order valence-electron chi connectivity index (χ3n) is 5.86. The van der Waals surface area contributed by atoms with Gasteiger partial charge < -0.3 is 9.64 Å². The first-order valence-electron chi connectivity index (χ1n) is 11.1. The molecule has 0 spiro atoms. The minimum atomic E-state index is -0.547. The van der Waals surface area contributed by atoms with Gasteiger partial charge in [-0.1, -0.05) is 31.2 Å². The van der Waals surface area contributed by atoms with Crippen molar-refractivity contribution in [3.63, 3.8) is 0 Å². The second kappa shape index (κ2) is 9.70. The molecule has 170 valence electrons. The van der Waals surface area contributed by atoms with Gasteiger partial charge in [-0.15, -0.1) is 0 Å². The molecule has 0 aliphatic carbocycles. The summed E-state index contributed by atoms with van der Waals surface area (Å²) in [5.41, 5.74) is 2.07. The van der Waals surface area contributed by atoms with Crippen molar-refractivity contribution in [3.8, 4) is 6.07 Å². The Hall–Kier alpha value is -2.91. The fourth-order valence-corrected chi connectivity index (χ4v) is 4.28. The van der Waals surface area contributed by atoms with Crippen molar-refractivity contribution in [2.45, 2.75) is 64.8 Å². The number of hydrogen-bond donors (Lipinski definition) is 0. The smallest absolute Gasteiger partial charge is 0.410 e. The number of rotatable bonds is 4. The first kappa shape index (κ1) is 23.7. The number of amides is 1. The summed E-state index contributed by atoms with van der Waals surface area (Å²) >= 11 is 0. The highest BCUT2D eigenvalue weighted by molar-refractivity contribution is 5.68. The van der Waals surface area contributed by atoms with E-state index in [0.717, 1.165) is 17.5 Å². The quantitative estimate of drug-likeness (QED) is 0.633. The molecule has 32 heavy (non-hydrogen) atoms. The third kappa shape index (κ3) is 5.46. The molecule has 3 rings (SSSR count). The summed E-state index contributed by atoms with van der Waals surface area (Å²) in [4.78, 5) is 17.0. The normalized spacial score (nSPS) is 20.5. The topological polar surface area (TPSA) is 56.6 Å². The van der Waals surface area contributed by atoms with Gasteiger partial charge in [0.1, 0.15) is 11.4 Å². The maximum absolute atomic E-state index is 13.7. The highest BCUT2D eigenvalue weighted by Gasteiger charge is 2.39. The molecule has 0 aromatic heterocycles. The predicted octanol–water partition coefficient (Wildman–Crippen LogP) is 5.51. The van der Waals surface area contributed by atoms with Gasteiger partial charge in [0.15, 0.2) is 0 Å². The Morgan fingerprint density at radius 3 is 2.19 bits per heavy atom. The van der Waals surface area contributed by atoms with Gasteiger partial charge in [-0.3, -0.25) is 4.90 Å². The summed E-state index contributed by atoms with van der Waals surface area (Å²) in [6.45, 7) is 11.0. The standard InChI is InChI=1S/C26H32FN3O2/c1-6-23-17-29(25(31)32-26(3,4)5)18(2)16-30(23)24(21-11-13-22(27)14-12-21)20-9-7-19(15-28)8-10-20/h7-14,18,23-24H,6,16-17H2,1-5H3/t18-,23+,24?/m0/s1. The maximum Gasteiger partial charge on any atom is 0.410 e. The molecule has 1 amide bonds. The van der Waals surface area contributed by atoms with Crippen LogP contribution in [0.3, 0.4) is 0 Å². The molecule has 1 unspecified atom stereocenters. The van der Waals surface area contributed by atoms with Crippen molar-refractivity contribution >= 4 is 6.09 Å². The number of ether oxygens (including phenoxy) is 1. The lowest BCUT2D eigenvalue weighted by atomic mass is 9.92. The van der Waals surface area contributed by atoms with E-state index in [0.29, 0.717) is 18.7 Å². The molecule has 0 radical (unpaired) electrons. The molecule has 1 aliphatic heterocycles. The molecule has 5 nitrogen and oxygen atoms in total. The number of nitriles is 1. The first-order chi connectivity index (χ1) is 15.1. The molecule has 1 aliphatic rings. The average Bonchev–Trinajstić information content (AvgIpc) is 2.74. The Balaban J connectivity index is 1.96. The molecule has 1 heterocycles. The number of piperazine rings is 1. The van der Waals surface area contributed by atoms with Crippen LogP contribution in [-0.2, 0) is 4.74 Å². The van der Waals surface area contributed by atoms with Crippen LogP contribution in [0.4, 0.5) is 9.18 Å². The molecule has 1 fully saturated rings. The van der Waals surface area contributed by atoms with Crippen molar-refractivity contribution < 1.29 is 13.9 Å². The first-order valence-corrected chi connectivity index (χ1v) is 11.1. The second-order valence-corrected chi connectivity index (χ2v) is 9.43. The van der Waals surface area contributed by atoms with Crippen LogP contribution in [0, 0.1) is 17.1 Å². The molecule has 2 aromatic rings. The van der Waals surface area contributed by atoms with Gasteiger partial charge in [-0.05, 0) is 69.5 Å². The maximum atomic E-state index is 13.7. The monoisotopic (exact) mass is 437 g/mol. The molecular weight excluding hydrogens is 405 g/mol. The average molecular weight is 438 g/mol. The number of halogens is 1. The van der Waals surface area contributed by atoms with Crippen LogP contribution in [0.5, 0.6) is 0 Å². The molecular formula is C26H32FN3O2. The van der Waals surface area contributed by atoms with Gasteiger partial charge in [-0.25, -0.2) is 9.18 Å². The van der Waals surface area contributed by atoms with E-state index in [4.69, 9.17) is 4.74 Å². The van der Waals surface area contributed by atoms with Gasteiger partial charge in [0, 0.05) is 25.2 Å². The van der Waals surface area contributed by atoms with Crippen molar-refractivity contribution in [2.24, 2.45) is 0 Å². The zero-order valence-electron chi connectivity index (χ0n) is 19.5. The minimum absolute atomic E-state index is 0.0472. The van der Waals surface area contributed by atoms with E-state index < -0.39 is 5.60 Å². The van der Waals surface area contributed by atoms with E-state index in [1.54, 1.807) is 0 Å². The molecule has 3 atom stereocenters. The van der Waals surface area contributed by atoms with E-state index in [-0.39, 0.29) is 30.0 Å². The van der Waals surface area contributed by atoms with Crippen LogP contribution in [0.15, 0.2) is 48.5 Å². The van der Waals surface area contributed by atoms with Gasteiger partial charge in [-0.2, -0.15) is 5.26 Å². The van der Waals surface area contributed by atoms with E-state index in [1.165, 1.54) is 12.1 Å². The van der Waals surface area contributed by atoms with E-state index in [9.17, 15) is 14.4 Å². The zero-order valence-corrected chi connectivity index (χ0v) is 19.5. The van der Waals surface area contributed by atoms with Crippen LogP contribution < -0.4 is 0 Å². The molecule has 6 heteroatoms. The molecule has 0 saturated carbocycles. The second-order valence-electron chi connectivity index (χ2n) is 9.43. The minimum Gasteiger partial charge on any atom is -0.444 e. The highest BCUT2D eigenvalue weighted by atomic mass is 19.1. The van der Waals surface area contributed by atoms with Crippen molar-refractivity contribution in [1.82, 2.24) is 9.80 Å². The number of hydrogen-bond acceptors (Lipinski definition) is 4. The number of carbonyl (C=O) groups excluding carboxylic acids is 1. The summed E-state index contributed by atoms with van der Waals surface area (Å²) in [5, 5.41) is 9.19. The summed E-state index contributed by atoms with van der Waals surface area (Å²) in [6.07, 6.45) is 0.555. The third-order valence-corrected chi connectivity index (χ3v) is 5.86. The molecule has 0 bridgehead atoms. The Bertz CT molecular complexity index is 961. The van der Waals surface area contributed by atoms with Gasteiger partial charge in [0.2, 0.25) is 0 Å². The van der Waals surface area contributed by atoms with Crippen LogP contribution >= 0.6 is 0 Å². The summed E-state index contributed by atoms with van der Waals surface area (Å²) in [6, 6.07) is 16.2. The predicted molar refractivity (Wildman–Crippen MR) is 123 cm³/mol. The summed E-state index contributed by atoms with van der Waals surface area (Å²) in [7, 11) is 0. The fraction of sp³-hybridized carbons (Fsp3) is 0.462. The van der Waals surface area contributed by atoms with Crippen LogP contribution in [-0.4, -0.2) is 46.7 Å². The van der Waals surface area contributed by atoms with Gasteiger partial charge in [0.05, 0.1) is 17.7 Å². The number of benzene rings is 2. The summed E-state index contributed by atoms with van der Waals surface area (Å²) < 4.78 is 19.3. The molecule has 0 N–H and O–H groups in total. The Labute approximate surface area is 190 Å². The Kier molecular flexibility index (Phi) is 7.20. The lowest BCUT2D eigenvalue weighted by Crippen LogP contribution is -2.60. The lowest BCUT2D eigenvalue weighted by Gasteiger charge is -2.48. The van der Waals surface area contributed by atoms with E-state index >= 15 is 0 Å². The zero-order chi connectivity index (χ0) is 23.5.